The SMILES string of the molecule is C[C@]1(C(N)=O)COc2c1cc(C(O)(CNC(=O)c1cc(OC3CC3)c3nnccc3c1)C(F)(F)F)nc2-c1ccc(F)cc1. The lowest BCUT2D eigenvalue weighted by molar-refractivity contribution is -0.265. The predicted octanol–water partition coefficient (Wildman–Crippen LogP) is 3.69. The topological polar surface area (TPSA) is 150 Å². The molecule has 3 heterocycles. The van der Waals surface area contributed by atoms with E-state index in [0.717, 1.165) is 31.0 Å². The summed E-state index contributed by atoms with van der Waals surface area (Å²) in [5.74, 6) is -2.20. The lowest BCUT2D eigenvalue weighted by atomic mass is 9.81. The number of rotatable bonds is 8. The average Bonchev–Trinajstić information content (AvgIpc) is 3.74. The van der Waals surface area contributed by atoms with Gasteiger partial charge in [-0.1, -0.05) is 0 Å². The molecule has 4 N–H and O–H groups in total. The van der Waals surface area contributed by atoms with Crippen molar-refractivity contribution in [3.8, 4) is 22.8 Å². The Morgan fingerprint density at radius 2 is 1.89 bits per heavy atom. The van der Waals surface area contributed by atoms with Crippen molar-refractivity contribution >= 4 is 22.7 Å². The molecular formula is C30H25F4N5O5. The Bertz CT molecular complexity index is 1800. The van der Waals surface area contributed by atoms with Gasteiger partial charge in [0.2, 0.25) is 11.5 Å². The molecule has 2 aromatic carbocycles. The number of hydrogen-bond donors (Lipinski definition) is 3. The molecule has 14 heteroatoms. The van der Waals surface area contributed by atoms with Gasteiger partial charge < -0.3 is 25.6 Å². The normalized spacial score (nSPS) is 19.1. The van der Waals surface area contributed by atoms with Crippen LogP contribution in [0.3, 0.4) is 0 Å². The molecule has 2 amide bonds. The van der Waals surface area contributed by atoms with Gasteiger partial charge in [-0.3, -0.25) is 9.59 Å². The summed E-state index contributed by atoms with van der Waals surface area (Å²) in [4.78, 5) is 29.7. The van der Waals surface area contributed by atoms with Gasteiger partial charge in [-0.15, -0.1) is 5.10 Å². The zero-order valence-electron chi connectivity index (χ0n) is 23.1. The number of amides is 2. The number of benzene rings is 2. The van der Waals surface area contributed by atoms with Crippen LogP contribution >= 0.6 is 0 Å². The van der Waals surface area contributed by atoms with Gasteiger partial charge in [-0.25, -0.2) is 9.37 Å². The molecule has 1 saturated carbocycles. The summed E-state index contributed by atoms with van der Waals surface area (Å²) in [6.45, 7) is -0.251. The van der Waals surface area contributed by atoms with E-state index < -0.39 is 47.1 Å². The number of primary amides is 1. The van der Waals surface area contributed by atoms with Crippen LogP contribution in [-0.2, 0) is 15.8 Å². The molecule has 0 spiro atoms. The molecule has 2 aliphatic rings. The number of carbonyl (C=O) groups is 2. The van der Waals surface area contributed by atoms with E-state index in [9.17, 15) is 32.3 Å². The highest BCUT2D eigenvalue weighted by Crippen LogP contribution is 2.47. The number of alkyl halides is 3. The van der Waals surface area contributed by atoms with E-state index in [-0.39, 0.29) is 46.6 Å². The first-order chi connectivity index (χ1) is 20.8. The smallest absolute Gasteiger partial charge is 0.424 e. The second kappa shape index (κ2) is 10.4. The Hall–Kier alpha value is -4.85. The Labute approximate surface area is 247 Å². The van der Waals surface area contributed by atoms with E-state index in [1.807, 2.05) is 0 Å². The van der Waals surface area contributed by atoms with Gasteiger partial charge in [0.25, 0.3) is 5.91 Å². The molecule has 10 nitrogen and oxygen atoms in total. The molecule has 2 aromatic heterocycles. The van der Waals surface area contributed by atoms with Crippen molar-refractivity contribution in [3.05, 3.63) is 77.4 Å². The van der Waals surface area contributed by atoms with Gasteiger partial charge in [0.05, 0.1) is 24.5 Å². The highest BCUT2D eigenvalue weighted by atomic mass is 19.4. The maximum Gasteiger partial charge on any atom is 0.424 e. The first kappa shape index (κ1) is 29.2. The molecule has 0 saturated heterocycles. The molecule has 0 bridgehead atoms. The van der Waals surface area contributed by atoms with Crippen LogP contribution in [0.1, 0.15) is 41.4 Å². The summed E-state index contributed by atoms with van der Waals surface area (Å²) in [7, 11) is 0. The number of nitrogens with two attached hydrogens (primary N) is 1. The van der Waals surface area contributed by atoms with Gasteiger partial charge in [-0.2, -0.15) is 18.3 Å². The summed E-state index contributed by atoms with van der Waals surface area (Å²) >= 11 is 0. The fourth-order valence-corrected chi connectivity index (χ4v) is 4.90. The molecule has 1 fully saturated rings. The molecule has 44 heavy (non-hydrogen) atoms. The van der Waals surface area contributed by atoms with Crippen molar-refractivity contribution in [3.63, 3.8) is 0 Å². The third-order valence-corrected chi connectivity index (χ3v) is 7.79. The zero-order valence-corrected chi connectivity index (χ0v) is 23.1. The fraction of sp³-hybridized carbons (Fsp3) is 0.300. The standard InChI is InChI=1S/C30H25F4N5O5/c1-28(27(35)41)14-43-25-20(28)12-22(38-24(25)15-2-4-18(31)5-3-15)29(42,30(32,33)34)13-36-26(40)17-10-16-8-9-37-39-23(16)21(11-17)44-19-6-7-19/h2-5,8-12,19,42H,6-7,13-14H2,1H3,(H2,35,41)(H,36,40)/t28-,29?/m0/s1. The van der Waals surface area contributed by atoms with Gasteiger partial charge in [0.1, 0.15) is 40.5 Å². The van der Waals surface area contributed by atoms with Crippen molar-refractivity contribution in [2.75, 3.05) is 13.2 Å². The van der Waals surface area contributed by atoms with Crippen molar-refractivity contribution in [2.24, 2.45) is 5.73 Å². The second-order valence-electron chi connectivity index (χ2n) is 11.0. The summed E-state index contributed by atoms with van der Waals surface area (Å²) < 4.78 is 69.3. The van der Waals surface area contributed by atoms with Crippen LogP contribution in [0.25, 0.3) is 22.2 Å². The monoisotopic (exact) mass is 611 g/mol. The Kier molecular flexibility index (Phi) is 6.91. The lowest BCUT2D eigenvalue weighted by Crippen LogP contribution is -2.51. The summed E-state index contributed by atoms with van der Waals surface area (Å²) in [6.07, 6.45) is -2.40. The number of nitrogens with zero attached hydrogens (tertiary/aromatic N) is 3. The van der Waals surface area contributed by atoms with Gasteiger partial charge in [0.15, 0.2) is 0 Å². The van der Waals surface area contributed by atoms with Gasteiger partial charge >= 0.3 is 6.18 Å². The lowest BCUT2D eigenvalue weighted by Gasteiger charge is -2.31. The number of carbonyl (C=O) groups excluding carboxylic acids is 2. The summed E-state index contributed by atoms with van der Waals surface area (Å²) in [6, 6.07) is 9.93. The van der Waals surface area contributed by atoms with E-state index in [0.29, 0.717) is 10.9 Å². The Morgan fingerprint density at radius 1 is 1.16 bits per heavy atom. The molecule has 228 valence electrons. The van der Waals surface area contributed by atoms with Crippen LogP contribution < -0.4 is 20.5 Å². The third-order valence-electron chi connectivity index (χ3n) is 7.79. The number of pyridine rings is 1. The van der Waals surface area contributed by atoms with Crippen LogP contribution in [-0.4, -0.2) is 57.5 Å². The maximum atomic E-state index is 14.7. The van der Waals surface area contributed by atoms with Crippen LogP contribution in [0.15, 0.2) is 54.7 Å². The molecule has 2 atom stereocenters. The number of nitrogens with one attached hydrogen (secondary N) is 1. The number of hydrogen-bond acceptors (Lipinski definition) is 8. The summed E-state index contributed by atoms with van der Waals surface area (Å²) in [5.41, 5.74) is -0.320. The molecule has 0 radical (unpaired) electrons. The predicted molar refractivity (Wildman–Crippen MR) is 147 cm³/mol. The van der Waals surface area contributed by atoms with Crippen molar-refractivity contribution < 1.29 is 41.7 Å². The van der Waals surface area contributed by atoms with Crippen LogP contribution in [0.2, 0.25) is 0 Å². The first-order valence-electron chi connectivity index (χ1n) is 13.5. The molecule has 1 aliphatic heterocycles. The average molecular weight is 612 g/mol. The Morgan fingerprint density at radius 3 is 2.55 bits per heavy atom. The van der Waals surface area contributed by atoms with Crippen LogP contribution in [0.4, 0.5) is 17.6 Å². The van der Waals surface area contributed by atoms with E-state index >= 15 is 0 Å². The van der Waals surface area contributed by atoms with Crippen LogP contribution in [0, 0.1) is 5.82 Å². The highest BCUT2D eigenvalue weighted by molar-refractivity contribution is 5.99. The third kappa shape index (κ3) is 5.04. The van der Waals surface area contributed by atoms with E-state index in [1.165, 1.54) is 37.4 Å². The largest absolute Gasteiger partial charge is 0.489 e. The minimum absolute atomic E-state index is 0.0299. The maximum absolute atomic E-state index is 14.7. The van der Waals surface area contributed by atoms with Crippen molar-refractivity contribution in [1.29, 1.82) is 0 Å². The van der Waals surface area contributed by atoms with E-state index in [4.69, 9.17) is 15.2 Å². The number of halogens is 4. The fourth-order valence-electron chi connectivity index (χ4n) is 4.90. The highest BCUT2D eigenvalue weighted by Gasteiger charge is 2.57. The quantitative estimate of drug-likeness (QED) is 0.256. The minimum atomic E-state index is -5.36. The van der Waals surface area contributed by atoms with E-state index in [2.05, 4.69) is 20.5 Å². The zero-order chi connectivity index (χ0) is 31.4. The minimum Gasteiger partial charge on any atom is -0.489 e. The molecule has 1 aliphatic carbocycles. The molecule has 6 rings (SSSR count). The number of aromatic nitrogens is 3. The molecule has 1 unspecified atom stereocenters. The van der Waals surface area contributed by atoms with Crippen LogP contribution in [0.5, 0.6) is 11.5 Å². The van der Waals surface area contributed by atoms with Crippen molar-refractivity contribution in [2.45, 2.75) is 43.1 Å². The first-order valence-corrected chi connectivity index (χ1v) is 13.5. The van der Waals surface area contributed by atoms with Crippen molar-refractivity contribution in [1.82, 2.24) is 20.5 Å². The second-order valence-corrected chi connectivity index (χ2v) is 11.0. The van der Waals surface area contributed by atoms with Gasteiger partial charge in [0, 0.05) is 22.1 Å². The number of aliphatic hydroxyl groups is 1. The summed E-state index contributed by atoms with van der Waals surface area (Å²) in [5, 5.41) is 21.8. The number of ether oxygens (including phenoxy) is 2. The van der Waals surface area contributed by atoms with Gasteiger partial charge in [-0.05, 0) is 68.3 Å². The number of fused-ring (bicyclic) bond motifs is 2. The Balaban J connectivity index is 1.40. The molecule has 4 aromatic rings. The van der Waals surface area contributed by atoms with E-state index in [1.54, 1.807) is 6.07 Å². The molecular weight excluding hydrogens is 586 g/mol.